The third-order valence-corrected chi connectivity index (χ3v) is 9.01. The average molecular weight is 717 g/mol. The van der Waals surface area contributed by atoms with Gasteiger partial charge >= 0.3 is 29.8 Å². The molecule has 2 aromatic carbocycles. The largest absolute Gasteiger partial charge is 0.469 e. The van der Waals surface area contributed by atoms with E-state index in [0.717, 1.165) is 11.1 Å². The number of aromatic amines is 1. The molecule has 0 saturated heterocycles. The molecule has 1 aliphatic rings. The lowest BCUT2D eigenvalue weighted by Crippen LogP contribution is -2.44. The SMILES string of the molecule is COC(=O)CCC1=C(CC(=O)O[C@H](C)c2ccccc2)C(C)(Cc2[nH]c(C(=O)OCc3ccccc3)c(CC(=O)OC)c2CCC(=O)OC)NC1=O. The van der Waals surface area contributed by atoms with Gasteiger partial charge in [-0.2, -0.15) is 0 Å². The van der Waals surface area contributed by atoms with Gasteiger partial charge in [-0.1, -0.05) is 60.7 Å². The van der Waals surface area contributed by atoms with Gasteiger partial charge in [0, 0.05) is 30.5 Å². The number of hydrogen-bond acceptors (Lipinski definition) is 11. The Labute approximate surface area is 302 Å². The molecule has 13 nitrogen and oxygen atoms in total. The third-order valence-electron chi connectivity index (χ3n) is 9.01. The van der Waals surface area contributed by atoms with Crippen molar-refractivity contribution in [2.45, 2.75) is 77.0 Å². The number of methoxy groups -OCH3 is 3. The Morgan fingerprint density at radius 2 is 1.35 bits per heavy atom. The minimum Gasteiger partial charge on any atom is -0.469 e. The zero-order valence-corrected chi connectivity index (χ0v) is 30.0. The van der Waals surface area contributed by atoms with Crippen LogP contribution in [0.2, 0.25) is 0 Å². The van der Waals surface area contributed by atoms with Crippen LogP contribution in [0.25, 0.3) is 0 Å². The van der Waals surface area contributed by atoms with E-state index in [0.29, 0.717) is 16.8 Å². The van der Waals surface area contributed by atoms with Crippen molar-refractivity contribution in [1.82, 2.24) is 10.3 Å². The monoisotopic (exact) mass is 716 g/mol. The van der Waals surface area contributed by atoms with E-state index in [-0.39, 0.29) is 68.4 Å². The Morgan fingerprint density at radius 3 is 1.96 bits per heavy atom. The summed E-state index contributed by atoms with van der Waals surface area (Å²) in [5.74, 6) is -3.52. The molecule has 4 rings (SSSR count). The number of nitrogens with one attached hydrogen (secondary N) is 2. The van der Waals surface area contributed by atoms with Gasteiger partial charge in [0.05, 0.1) is 39.7 Å². The molecular formula is C39H44N2O11. The van der Waals surface area contributed by atoms with Crippen molar-refractivity contribution in [2.24, 2.45) is 0 Å². The number of aromatic nitrogens is 1. The Bertz CT molecular complexity index is 1810. The van der Waals surface area contributed by atoms with E-state index < -0.39 is 47.4 Å². The maximum Gasteiger partial charge on any atom is 0.355 e. The highest BCUT2D eigenvalue weighted by Gasteiger charge is 2.43. The van der Waals surface area contributed by atoms with E-state index in [2.05, 4.69) is 10.3 Å². The number of benzene rings is 2. The van der Waals surface area contributed by atoms with Crippen LogP contribution in [0.3, 0.4) is 0 Å². The van der Waals surface area contributed by atoms with Gasteiger partial charge in [-0.05, 0) is 54.5 Å². The summed E-state index contributed by atoms with van der Waals surface area (Å²) in [5, 5.41) is 2.98. The van der Waals surface area contributed by atoms with E-state index in [1.54, 1.807) is 26.0 Å². The van der Waals surface area contributed by atoms with Gasteiger partial charge in [-0.15, -0.1) is 0 Å². The predicted octanol–water partition coefficient (Wildman–Crippen LogP) is 4.57. The minimum atomic E-state index is -1.24. The fraction of sp³-hybridized carbons (Fsp3) is 0.385. The van der Waals surface area contributed by atoms with Gasteiger partial charge in [0.25, 0.3) is 0 Å². The van der Waals surface area contributed by atoms with E-state index in [4.69, 9.17) is 23.7 Å². The second-order valence-corrected chi connectivity index (χ2v) is 12.5. The Morgan fingerprint density at radius 1 is 0.750 bits per heavy atom. The van der Waals surface area contributed by atoms with Gasteiger partial charge in [-0.25, -0.2) is 4.79 Å². The van der Waals surface area contributed by atoms with Crippen LogP contribution in [0.1, 0.15) is 84.1 Å². The predicted molar refractivity (Wildman–Crippen MR) is 187 cm³/mol. The van der Waals surface area contributed by atoms with Gasteiger partial charge in [0.2, 0.25) is 5.91 Å². The molecule has 0 aliphatic carbocycles. The van der Waals surface area contributed by atoms with Crippen LogP contribution in [0.4, 0.5) is 0 Å². The van der Waals surface area contributed by atoms with Crippen molar-refractivity contribution in [3.8, 4) is 0 Å². The van der Waals surface area contributed by atoms with Crippen molar-refractivity contribution >= 4 is 35.8 Å². The number of amides is 1. The summed E-state index contributed by atoms with van der Waals surface area (Å²) in [4.78, 5) is 80.9. The number of rotatable bonds is 17. The van der Waals surface area contributed by atoms with Crippen LogP contribution < -0.4 is 5.32 Å². The van der Waals surface area contributed by atoms with Crippen molar-refractivity contribution in [3.63, 3.8) is 0 Å². The van der Waals surface area contributed by atoms with Gasteiger partial charge in [0.15, 0.2) is 0 Å². The summed E-state index contributed by atoms with van der Waals surface area (Å²) in [6, 6.07) is 18.2. The van der Waals surface area contributed by atoms with E-state index in [9.17, 15) is 28.8 Å². The number of ether oxygens (including phenoxy) is 5. The van der Waals surface area contributed by atoms with Crippen LogP contribution in [-0.2, 0) is 73.5 Å². The lowest BCUT2D eigenvalue weighted by molar-refractivity contribution is -0.148. The van der Waals surface area contributed by atoms with E-state index in [1.807, 2.05) is 48.5 Å². The summed E-state index contributed by atoms with van der Waals surface area (Å²) in [6.07, 6.45) is -1.34. The van der Waals surface area contributed by atoms with Crippen LogP contribution in [-0.4, -0.2) is 67.6 Å². The van der Waals surface area contributed by atoms with Crippen LogP contribution >= 0.6 is 0 Å². The topological polar surface area (TPSA) is 176 Å². The van der Waals surface area contributed by atoms with Crippen molar-refractivity contribution in [1.29, 1.82) is 0 Å². The summed E-state index contributed by atoms with van der Waals surface area (Å²) in [6.45, 7) is 3.42. The fourth-order valence-corrected chi connectivity index (χ4v) is 6.24. The fourth-order valence-electron chi connectivity index (χ4n) is 6.24. The molecule has 1 unspecified atom stereocenters. The molecule has 13 heteroatoms. The Hall–Kier alpha value is -5.72. The number of hydrogen-bond donors (Lipinski definition) is 2. The van der Waals surface area contributed by atoms with Crippen LogP contribution in [0.5, 0.6) is 0 Å². The minimum absolute atomic E-state index is 0.00444. The average Bonchev–Trinajstić information content (AvgIpc) is 3.59. The van der Waals surface area contributed by atoms with Gasteiger partial charge in [-0.3, -0.25) is 24.0 Å². The molecule has 0 saturated carbocycles. The van der Waals surface area contributed by atoms with Crippen LogP contribution in [0, 0.1) is 0 Å². The molecule has 3 aromatic rings. The number of carbonyl (C=O) groups is 6. The van der Waals surface area contributed by atoms with Gasteiger partial charge < -0.3 is 34.0 Å². The molecule has 1 amide bonds. The van der Waals surface area contributed by atoms with Crippen molar-refractivity contribution < 1.29 is 52.5 Å². The Balaban J connectivity index is 1.76. The number of carbonyl (C=O) groups excluding carboxylic acids is 6. The Kier molecular flexibility index (Phi) is 13.5. The molecule has 52 heavy (non-hydrogen) atoms. The second kappa shape index (κ2) is 18.0. The molecule has 1 aromatic heterocycles. The normalized spacial score (nSPS) is 15.8. The maximum atomic E-state index is 13.6. The van der Waals surface area contributed by atoms with Crippen molar-refractivity contribution in [3.05, 3.63) is 105 Å². The first-order valence-electron chi connectivity index (χ1n) is 16.8. The molecule has 0 fully saturated rings. The molecular weight excluding hydrogens is 672 g/mol. The zero-order valence-electron chi connectivity index (χ0n) is 30.0. The summed E-state index contributed by atoms with van der Waals surface area (Å²) in [7, 11) is 3.72. The lowest BCUT2D eigenvalue weighted by Gasteiger charge is -2.29. The highest BCUT2D eigenvalue weighted by Crippen LogP contribution is 2.37. The summed E-state index contributed by atoms with van der Waals surface area (Å²) in [5.41, 5.74) is 2.03. The van der Waals surface area contributed by atoms with Gasteiger partial charge in [0.1, 0.15) is 18.4 Å². The molecule has 2 heterocycles. The van der Waals surface area contributed by atoms with E-state index in [1.165, 1.54) is 21.3 Å². The molecule has 0 spiro atoms. The quantitative estimate of drug-likeness (QED) is 0.148. The zero-order chi connectivity index (χ0) is 37.8. The standard InChI is InChI=1S/C39H44N2O11/c1-24(26-14-10-7-11-15-26)52-35(45)21-30-28(17-19-33(43)49-4)37(46)41-39(30,2)22-31-27(16-18-32(42)48-3)29(20-34(44)50-5)36(40-31)38(47)51-23-25-12-8-6-9-13-25/h6-15,24,40H,16-23H2,1-5H3,(H,41,46)/t24-,39?/m1/s1. The molecule has 276 valence electrons. The highest BCUT2D eigenvalue weighted by atomic mass is 16.5. The number of H-pyrrole nitrogens is 1. The molecule has 2 atom stereocenters. The molecule has 0 bridgehead atoms. The summed E-state index contributed by atoms with van der Waals surface area (Å²) < 4.78 is 26.0. The second-order valence-electron chi connectivity index (χ2n) is 12.5. The third kappa shape index (κ3) is 9.95. The first-order chi connectivity index (χ1) is 24.9. The van der Waals surface area contributed by atoms with Crippen LogP contribution in [0.15, 0.2) is 71.8 Å². The molecule has 1 aliphatic heterocycles. The smallest absolute Gasteiger partial charge is 0.355 e. The number of esters is 5. The van der Waals surface area contributed by atoms with E-state index >= 15 is 0 Å². The first-order valence-corrected chi connectivity index (χ1v) is 16.8. The first kappa shape index (κ1) is 39.1. The van der Waals surface area contributed by atoms with Crippen molar-refractivity contribution in [2.75, 3.05) is 21.3 Å². The summed E-state index contributed by atoms with van der Waals surface area (Å²) >= 11 is 0. The highest BCUT2D eigenvalue weighted by molar-refractivity contribution is 6.00. The molecule has 2 N–H and O–H groups in total. The molecule has 0 radical (unpaired) electrons. The lowest BCUT2D eigenvalue weighted by atomic mass is 9.83. The maximum absolute atomic E-state index is 13.6.